The van der Waals surface area contributed by atoms with E-state index in [1.807, 2.05) is 0 Å². The van der Waals surface area contributed by atoms with Crippen LogP contribution in [0, 0.1) is 5.92 Å². The molecule has 1 saturated heterocycles. The fourth-order valence-electron chi connectivity index (χ4n) is 3.47. The highest BCUT2D eigenvalue weighted by Gasteiger charge is 2.31. The highest BCUT2D eigenvalue weighted by atomic mass is 32.2. The number of carbonyl (C=O) groups is 2. The molecule has 12 heteroatoms. The molecule has 1 fully saturated rings. The third-order valence-electron chi connectivity index (χ3n) is 5.08. The molecular weight excluding hydrogens is 418 g/mol. The minimum absolute atomic E-state index is 0.0174. The second-order valence-corrected chi connectivity index (χ2v) is 10.2. The number of anilines is 1. The first-order valence-corrected chi connectivity index (χ1v) is 12.5. The Morgan fingerprint density at radius 3 is 2.66 bits per heavy atom. The normalized spacial score (nSPS) is 17.9. The quantitative estimate of drug-likeness (QED) is 0.540. The van der Waals surface area contributed by atoms with Crippen LogP contribution in [0.5, 0.6) is 0 Å². The number of piperidine rings is 1. The number of rotatable bonds is 8. The van der Waals surface area contributed by atoms with E-state index in [1.165, 1.54) is 10.6 Å². The number of fused-ring (bicyclic) bond motifs is 1. The summed E-state index contributed by atoms with van der Waals surface area (Å²) in [6.07, 6.45) is 2.13. The van der Waals surface area contributed by atoms with Crippen LogP contribution < -0.4 is 10.6 Å². The molecule has 0 aliphatic carbocycles. The van der Waals surface area contributed by atoms with Crippen LogP contribution in [0.15, 0.2) is 0 Å². The standard InChI is InChI=1S/C17H27N5O5S2/c1-27-8-5-18-15(23)9-22-16(13-10-28-11-14(13)20-22)19-17(24)12-3-6-21(7-4-12)29(2,25)26/h12H,3-11H2,1-2H3,(H,18,23)(H,19,24). The zero-order valence-electron chi connectivity index (χ0n) is 16.6. The second-order valence-electron chi connectivity index (χ2n) is 7.19. The molecule has 0 radical (unpaired) electrons. The Morgan fingerprint density at radius 2 is 2.00 bits per heavy atom. The van der Waals surface area contributed by atoms with Gasteiger partial charge in [0.2, 0.25) is 21.8 Å². The lowest BCUT2D eigenvalue weighted by molar-refractivity contribution is -0.122. The van der Waals surface area contributed by atoms with Crippen LogP contribution in [0.3, 0.4) is 0 Å². The molecule has 10 nitrogen and oxygen atoms in total. The van der Waals surface area contributed by atoms with Gasteiger partial charge < -0.3 is 15.4 Å². The van der Waals surface area contributed by atoms with Crippen molar-refractivity contribution < 1.29 is 22.7 Å². The maximum Gasteiger partial charge on any atom is 0.241 e. The van der Waals surface area contributed by atoms with Gasteiger partial charge in [0.05, 0.1) is 18.6 Å². The molecule has 0 atom stereocenters. The molecule has 162 valence electrons. The molecule has 0 aromatic carbocycles. The summed E-state index contributed by atoms with van der Waals surface area (Å²) in [6, 6.07) is 0. The maximum absolute atomic E-state index is 12.8. The molecule has 3 rings (SSSR count). The molecule has 2 aliphatic rings. The summed E-state index contributed by atoms with van der Waals surface area (Å²) in [5.41, 5.74) is 1.85. The van der Waals surface area contributed by atoms with Crippen molar-refractivity contribution in [2.45, 2.75) is 30.9 Å². The molecule has 3 heterocycles. The van der Waals surface area contributed by atoms with Crippen LogP contribution >= 0.6 is 11.8 Å². The average molecular weight is 446 g/mol. The Morgan fingerprint density at radius 1 is 1.28 bits per heavy atom. The van der Waals surface area contributed by atoms with E-state index >= 15 is 0 Å². The summed E-state index contributed by atoms with van der Waals surface area (Å²) in [4.78, 5) is 25.0. The molecule has 0 unspecified atom stereocenters. The van der Waals surface area contributed by atoms with Gasteiger partial charge in [0.25, 0.3) is 0 Å². The second kappa shape index (κ2) is 9.45. The highest BCUT2D eigenvalue weighted by Crippen LogP contribution is 2.35. The Kier molecular flexibility index (Phi) is 7.19. The summed E-state index contributed by atoms with van der Waals surface area (Å²) < 4.78 is 31.2. The van der Waals surface area contributed by atoms with E-state index in [0.29, 0.717) is 44.9 Å². The number of ether oxygens (including phenoxy) is 1. The van der Waals surface area contributed by atoms with Crippen molar-refractivity contribution in [1.82, 2.24) is 19.4 Å². The van der Waals surface area contributed by atoms with Gasteiger partial charge in [0.1, 0.15) is 12.4 Å². The Labute approximate surface area is 174 Å². The van der Waals surface area contributed by atoms with Crippen LogP contribution in [-0.2, 0) is 42.4 Å². The smallest absolute Gasteiger partial charge is 0.241 e. The first kappa shape index (κ1) is 22.1. The van der Waals surface area contributed by atoms with Gasteiger partial charge in [-0.25, -0.2) is 17.4 Å². The average Bonchev–Trinajstić information content (AvgIpc) is 3.24. The zero-order valence-corrected chi connectivity index (χ0v) is 18.3. The first-order chi connectivity index (χ1) is 13.8. The third-order valence-corrected chi connectivity index (χ3v) is 7.35. The largest absolute Gasteiger partial charge is 0.383 e. The van der Waals surface area contributed by atoms with Gasteiger partial charge in [-0.15, -0.1) is 0 Å². The predicted octanol–water partition coefficient (Wildman–Crippen LogP) is 0.00260. The number of thioether (sulfide) groups is 1. The summed E-state index contributed by atoms with van der Waals surface area (Å²) in [6.45, 7) is 1.53. The number of nitrogens with zero attached hydrogens (tertiary/aromatic N) is 3. The van der Waals surface area contributed by atoms with Crippen LogP contribution in [0.25, 0.3) is 0 Å². The molecule has 2 N–H and O–H groups in total. The van der Waals surface area contributed by atoms with E-state index in [9.17, 15) is 18.0 Å². The lowest BCUT2D eigenvalue weighted by Crippen LogP contribution is -2.41. The summed E-state index contributed by atoms with van der Waals surface area (Å²) in [7, 11) is -1.67. The van der Waals surface area contributed by atoms with Crippen LogP contribution in [0.4, 0.5) is 5.82 Å². The Bertz CT molecular complexity index is 862. The topological polar surface area (TPSA) is 123 Å². The molecule has 2 aliphatic heterocycles. The van der Waals surface area contributed by atoms with E-state index in [0.717, 1.165) is 22.8 Å². The SMILES string of the molecule is COCCNC(=O)Cn1nc2c(c1NC(=O)C1CCN(S(C)(=O)=O)CC1)CSC2. The summed E-state index contributed by atoms with van der Waals surface area (Å²) in [5.74, 6) is 1.44. The van der Waals surface area contributed by atoms with Gasteiger partial charge in [-0.3, -0.25) is 9.59 Å². The molecule has 0 bridgehead atoms. The lowest BCUT2D eigenvalue weighted by Gasteiger charge is -2.29. The number of aromatic nitrogens is 2. The van der Waals surface area contributed by atoms with Gasteiger partial charge in [-0.2, -0.15) is 16.9 Å². The minimum atomic E-state index is -3.23. The van der Waals surface area contributed by atoms with Crippen molar-refractivity contribution >= 4 is 39.4 Å². The molecule has 1 aromatic heterocycles. The van der Waals surface area contributed by atoms with Crippen LogP contribution in [0.1, 0.15) is 24.1 Å². The van der Waals surface area contributed by atoms with Gasteiger partial charge in [-0.1, -0.05) is 0 Å². The molecule has 1 aromatic rings. The number of nitrogens with one attached hydrogen (secondary N) is 2. The van der Waals surface area contributed by atoms with Gasteiger partial charge >= 0.3 is 0 Å². The van der Waals surface area contributed by atoms with Crippen molar-refractivity contribution in [2.24, 2.45) is 5.92 Å². The van der Waals surface area contributed by atoms with E-state index < -0.39 is 10.0 Å². The molecule has 29 heavy (non-hydrogen) atoms. The van der Waals surface area contributed by atoms with Crippen molar-refractivity contribution in [2.75, 3.05) is 44.9 Å². The van der Waals surface area contributed by atoms with Gasteiger partial charge in [-0.05, 0) is 12.8 Å². The third kappa shape index (κ3) is 5.50. The minimum Gasteiger partial charge on any atom is -0.383 e. The van der Waals surface area contributed by atoms with E-state index in [-0.39, 0.29) is 24.3 Å². The van der Waals surface area contributed by atoms with E-state index in [4.69, 9.17) is 4.74 Å². The highest BCUT2D eigenvalue weighted by molar-refractivity contribution is 7.98. The van der Waals surface area contributed by atoms with Crippen molar-refractivity contribution in [3.8, 4) is 0 Å². The number of amides is 2. The van der Waals surface area contributed by atoms with Crippen molar-refractivity contribution in [3.05, 3.63) is 11.3 Å². The fourth-order valence-corrected chi connectivity index (χ4v) is 5.38. The maximum atomic E-state index is 12.8. The number of methoxy groups -OCH3 is 1. The van der Waals surface area contributed by atoms with E-state index in [1.54, 1.807) is 23.6 Å². The number of hydrogen-bond donors (Lipinski definition) is 2. The predicted molar refractivity (Wildman–Crippen MR) is 110 cm³/mol. The summed E-state index contributed by atoms with van der Waals surface area (Å²) in [5, 5.41) is 10.2. The summed E-state index contributed by atoms with van der Waals surface area (Å²) >= 11 is 1.72. The monoisotopic (exact) mass is 445 g/mol. The van der Waals surface area contributed by atoms with Crippen molar-refractivity contribution in [1.29, 1.82) is 0 Å². The van der Waals surface area contributed by atoms with Gasteiger partial charge in [0, 0.05) is 49.7 Å². The number of sulfonamides is 1. The lowest BCUT2D eigenvalue weighted by atomic mass is 9.97. The molecule has 0 saturated carbocycles. The first-order valence-electron chi connectivity index (χ1n) is 9.47. The Balaban J connectivity index is 1.65. The number of hydrogen-bond acceptors (Lipinski definition) is 7. The zero-order chi connectivity index (χ0) is 21.0. The van der Waals surface area contributed by atoms with Crippen molar-refractivity contribution in [3.63, 3.8) is 0 Å². The van der Waals surface area contributed by atoms with Gasteiger partial charge in [0.15, 0.2) is 0 Å². The molecule has 2 amide bonds. The molecule has 0 spiro atoms. The molecular formula is C17H27N5O5S2. The van der Waals surface area contributed by atoms with Crippen LogP contribution in [0.2, 0.25) is 0 Å². The van der Waals surface area contributed by atoms with E-state index in [2.05, 4.69) is 15.7 Å². The number of carbonyl (C=O) groups excluding carboxylic acids is 2. The fraction of sp³-hybridized carbons (Fsp3) is 0.706. The Hall–Kier alpha value is -1.63. The van der Waals surface area contributed by atoms with Crippen LogP contribution in [-0.4, -0.2) is 73.9 Å².